The monoisotopic (exact) mass is 398 g/mol. The Morgan fingerprint density at radius 3 is 2.62 bits per heavy atom. The number of carbonyl (C=O) groups is 1. The van der Waals surface area contributed by atoms with Gasteiger partial charge in [-0.1, -0.05) is 41.9 Å². The molecular formula is C19H17Cl2FO4. The van der Waals surface area contributed by atoms with Crippen LogP contribution in [0.2, 0.25) is 10.0 Å². The van der Waals surface area contributed by atoms with Crippen molar-refractivity contribution in [1.82, 2.24) is 0 Å². The molecule has 0 aliphatic carbocycles. The lowest BCUT2D eigenvalue weighted by Gasteiger charge is -2.15. The largest absolute Gasteiger partial charge is 0.490 e. The maximum atomic E-state index is 13.1. The van der Waals surface area contributed by atoms with Gasteiger partial charge in [0.1, 0.15) is 19.0 Å². The van der Waals surface area contributed by atoms with Gasteiger partial charge in [0, 0.05) is 5.56 Å². The van der Waals surface area contributed by atoms with E-state index in [1.165, 1.54) is 36.4 Å². The summed E-state index contributed by atoms with van der Waals surface area (Å²) in [6.07, 6.45) is 1.47. The summed E-state index contributed by atoms with van der Waals surface area (Å²) >= 11 is 12.3. The molecule has 2 rings (SSSR count). The van der Waals surface area contributed by atoms with Crippen LogP contribution < -0.4 is 9.47 Å². The normalized spacial score (nSPS) is 10.3. The summed E-state index contributed by atoms with van der Waals surface area (Å²) < 4.78 is 29.4. The summed E-state index contributed by atoms with van der Waals surface area (Å²) in [5, 5.41) is 0.420. The zero-order valence-electron chi connectivity index (χ0n) is 14.1. The minimum absolute atomic E-state index is 0.0547. The number of ether oxygens (including phenoxy) is 3. The molecule has 0 saturated carbocycles. The van der Waals surface area contributed by atoms with Gasteiger partial charge in [0.25, 0.3) is 0 Å². The van der Waals surface area contributed by atoms with Crippen molar-refractivity contribution in [2.75, 3.05) is 13.2 Å². The van der Waals surface area contributed by atoms with Crippen molar-refractivity contribution in [3.05, 3.63) is 70.0 Å². The van der Waals surface area contributed by atoms with Crippen LogP contribution in [0.3, 0.4) is 0 Å². The van der Waals surface area contributed by atoms with Crippen LogP contribution in [0.25, 0.3) is 0 Å². The van der Waals surface area contributed by atoms with Gasteiger partial charge in [0.15, 0.2) is 11.5 Å². The molecule has 4 nitrogen and oxygen atoms in total. The third-order valence-corrected chi connectivity index (χ3v) is 3.90. The highest BCUT2D eigenvalue weighted by Gasteiger charge is 2.17. The van der Waals surface area contributed by atoms with Crippen molar-refractivity contribution >= 4 is 29.2 Å². The summed E-state index contributed by atoms with van der Waals surface area (Å²) in [5.74, 6) is -0.437. The molecule has 0 amide bonds. The maximum Gasteiger partial charge on any atom is 0.338 e. The predicted molar refractivity (Wildman–Crippen MR) is 98.8 cm³/mol. The van der Waals surface area contributed by atoms with Crippen molar-refractivity contribution in [2.45, 2.75) is 13.5 Å². The molecule has 0 N–H and O–H groups in total. The Labute approximate surface area is 161 Å². The van der Waals surface area contributed by atoms with Gasteiger partial charge < -0.3 is 14.2 Å². The van der Waals surface area contributed by atoms with Gasteiger partial charge >= 0.3 is 5.97 Å². The Morgan fingerprint density at radius 1 is 1.19 bits per heavy atom. The van der Waals surface area contributed by atoms with Crippen LogP contribution in [0.4, 0.5) is 4.39 Å². The SMILES string of the molecule is C=CCOC(=O)c1cc(Cl)c(OCc2ccc(F)cc2Cl)c(OCC)c1. The molecule has 0 aromatic heterocycles. The quantitative estimate of drug-likeness (QED) is 0.437. The Kier molecular flexibility index (Phi) is 7.30. The number of halogens is 3. The molecule has 26 heavy (non-hydrogen) atoms. The van der Waals surface area contributed by atoms with E-state index in [1.807, 2.05) is 0 Å². The molecule has 7 heteroatoms. The minimum Gasteiger partial charge on any atom is -0.490 e. The molecule has 138 valence electrons. The molecular weight excluding hydrogens is 382 g/mol. The number of hydrogen-bond acceptors (Lipinski definition) is 4. The van der Waals surface area contributed by atoms with Gasteiger partial charge in [-0.2, -0.15) is 0 Å². The molecule has 0 bridgehead atoms. The molecule has 0 heterocycles. The lowest BCUT2D eigenvalue weighted by Crippen LogP contribution is -2.07. The third-order valence-electron chi connectivity index (χ3n) is 3.26. The first kappa shape index (κ1) is 20.1. The van der Waals surface area contributed by atoms with Crippen LogP contribution in [-0.4, -0.2) is 19.2 Å². The summed E-state index contributed by atoms with van der Waals surface area (Å²) in [6.45, 7) is 5.76. The molecule has 0 saturated heterocycles. The van der Waals surface area contributed by atoms with Gasteiger partial charge in [0.05, 0.1) is 22.2 Å². The van der Waals surface area contributed by atoms with E-state index in [0.717, 1.165) is 0 Å². The highest BCUT2D eigenvalue weighted by molar-refractivity contribution is 6.32. The van der Waals surface area contributed by atoms with Crippen LogP contribution >= 0.6 is 23.2 Å². The van der Waals surface area contributed by atoms with Gasteiger partial charge in [-0.15, -0.1) is 0 Å². The fraction of sp³-hybridized carbons (Fsp3) is 0.211. The number of hydrogen-bond donors (Lipinski definition) is 0. The van der Waals surface area contributed by atoms with Crippen molar-refractivity contribution in [2.24, 2.45) is 0 Å². The summed E-state index contributed by atoms with van der Waals surface area (Å²) in [5.41, 5.74) is 0.813. The first-order valence-electron chi connectivity index (χ1n) is 7.77. The van der Waals surface area contributed by atoms with Gasteiger partial charge in [-0.3, -0.25) is 0 Å². The van der Waals surface area contributed by atoms with Gasteiger partial charge in [0.2, 0.25) is 0 Å². The Morgan fingerprint density at radius 2 is 1.96 bits per heavy atom. The fourth-order valence-electron chi connectivity index (χ4n) is 2.10. The molecule has 0 fully saturated rings. The van der Waals surface area contributed by atoms with E-state index in [1.54, 1.807) is 6.92 Å². The number of rotatable bonds is 8. The highest BCUT2D eigenvalue weighted by Crippen LogP contribution is 2.37. The maximum absolute atomic E-state index is 13.1. The van der Waals surface area contributed by atoms with E-state index in [2.05, 4.69) is 6.58 Å². The second-order valence-electron chi connectivity index (χ2n) is 5.13. The Bertz CT molecular complexity index is 808. The van der Waals surface area contributed by atoms with Crippen molar-refractivity contribution in [3.63, 3.8) is 0 Å². The van der Waals surface area contributed by atoms with E-state index in [9.17, 15) is 9.18 Å². The summed E-state index contributed by atoms with van der Waals surface area (Å²) in [7, 11) is 0. The third kappa shape index (κ3) is 5.13. The molecule has 0 spiro atoms. The van der Waals surface area contributed by atoms with Gasteiger partial charge in [-0.25, -0.2) is 9.18 Å². The zero-order chi connectivity index (χ0) is 19.1. The number of carbonyl (C=O) groups excluding carboxylic acids is 1. The van der Waals surface area contributed by atoms with E-state index >= 15 is 0 Å². The van der Waals surface area contributed by atoms with Crippen molar-refractivity contribution in [3.8, 4) is 11.5 Å². The van der Waals surface area contributed by atoms with Crippen LogP contribution in [-0.2, 0) is 11.3 Å². The first-order valence-corrected chi connectivity index (χ1v) is 8.53. The van der Waals surface area contributed by atoms with E-state index < -0.39 is 11.8 Å². The molecule has 0 unspecified atom stereocenters. The molecule has 0 radical (unpaired) electrons. The zero-order valence-corrected chi connectivity index (χ0v) is 15.6. The first-order chi connectivity index (χ1) is 12.5. The molecule has 0 aliphatic heterocycles. The smallest absolute Gasteiger partial charge is 0.338 e. The van der Waals surface area contributed by atoms with E-state index in [0.29, 0.717) is 17.9 Å². The minimum atomic E-state index is -0.555. The standard InChI is InChI=1S/C19H17Cl2FO4/c1-3-7-25-19(23)13-8-16(21)18(17(9-13)24-4-2)26-11-12-5-6-14(22)10-15(12)20/h3,5-6,8-10H,1,4,7,11H2,2H3. The van der Waals surface area contributed by atoms with E-state index in [4.69, 9.17) is 37.4 Å². The molecule has 0 aliphatic rings. The summed E-state index contributed by atoms with van der Waals surface area (Å²) in [6, 6.07) is 6.92. The van der Waals surface area contributed by atoms with Crippen molar-refractivity contribution < 1.29 is 23.4 Å². The number of esters is 1. The average molecular weight is 399 g/mol. The lowest BCUT2D eigenvalue weighted by atomic mass is 10.2. The van der Waals surface area contributed by atoms with Gasteiger partial charge in [-0.05, 0) is 31.2 Å². The topological polar surface area (TPSA) is 44.8 Å². The van der Waals surface area contributed by atoms with Crippen LogP contribution in [0.15, 0.2) is 43.0 Å². The van der Waals surface area contributed by atoms with Crippen LogP contribution in [0.5, 0.6) is 11.5 Å². The second-order valence-corrected chi connectivity index (χ2v) is 5.94. The molecule has 2 aromatic rings. The van der Waals surface area contributed by atoms with Crippen LogP contribution in [0, 0.1) is 5.82 Å². The summed E-state index contributed by atoms with van der Waals surface area (Å²) in [4.78, 5) is 12.0. The molecule has 0 atom stereocenters. The van der Waals surface area contributed by atoms with Crippen LogP contribution in [0.1, 0.15) is 22.8 Å². The lowest BCUT2D eigenvalue weighted by molar-refractivity contribution is 0.0549. The molecule has 2 aromatic carbocycles. The Balaban J connectivity index is 2.26. The van der Waals surface area contributed by atoms with E-state index in [-0.39, 0.29) is 34.6 Å². The Hall–Kier alpha value is -2.24. The fourth-order valence-corrected chi connectivity index (χ4v) is 2.58. The predicted octanol–water partition coefficient (Wildman–Crippen LogP) is 5.45. The average Bonchev–Trinajstić information content (AvgIpc) is 2.60. The van der Waals surface area contributed by atoms with Crippen molar-refractivity contribution in [1.29, 1.82) is 0 Å². The highest BCUT2D eigenvalue weighted by atomic mass is 35.5. The second kappa shape index (κ2) is 9.46. The number of benzene rings is 2.